The van der Waals surface area contributed by atoms with Crippen LogP contribution >= 0.6 is 0 Å². The number of piperidine rings is 1. The molecule has 0 spiro atoms. The van der Waals surface area contributed by atoms with Crippen LogP contribution in [0.1, 0.15) is 44.1 Å². The molecular formula is C16H20FNO3. The van der Waals surface area contributed by atoms with E-state index in [0.29, 0.717) is 13.0 Å². The zero-order valence-electron chi connectivity index (χ0n) is 12.1. The first-order valence-corrected chi connectivity index (χ1v) is 7.26. The van der Waals surface area contributed by atoms with E-state index >= 15 is 0 Å². The number of amides is 1. The molecule has 4 nitrogen and oxygen atoms in total. The minimum absolute atomic E-state index is 0.0607. The molecule has 1 heterocycles. The lowest BCUT2D eigenvalue weighted by Crippen LogP contribution is -2.48. The van der Waals surface area contributed by atoms with Crippen LogP contribution in [0.15, 0.2) is 24.3 Å². The fourth-order valence-electron chi connectivity index (χ4n) is 2.78. The summed E-state index contributed by atoms with van der Waals surface area (Å²) in [6.45, 7) is 2.40. The van der Waals surface area contributed by atoms with Crippen molar-refractivity contribution in [3.05, 3.63) is 35.6 Å². The lowest BCUT2D eigenvalue weighted by atomic mass is 9.95. The van der Waals surface area contributed by atoms with E-state index in [1.165, 1.54) is 17.0 Å². The molecule has 0 saturated carbocycles. The molecule has 114 valence electrons. The highest BCUT2D eigenvalue weighted by molar-refractivity contribution is 5.84. The van der Waals surface area contributed by atoms with Crippen LogP contribution in [0.4, 0.5) is 4.39 Å². The lowest BCUT2D eigenvalue weighted by Gasteiger charge is -2.33. The van der Waals surface area contributed by atoms with Crippen molar-refractivity contribution in [3.63, 3.8) is 0 Å². The molecule has 1 saturated heterocycles. The van der Waals surface area contributed by atoms with E-state index in [1.807, 2.05) is 6.92 Å². The summed E-state index contributed by atoms with van der Waals surface area (Å²) in [6, 6.07) is 5.37. The van der Waals surface area contributed by atoms with E-state index in [9.17, 15) is 19.1 Å². The Balaban J connectivity index is 2.02. The monoisotopic (exact) mass is 293 g/mol. The Morgan fingerprint density at radius 2 is 2.00 bits per heavy atom. The van der Waals surface area contributed by atoms with Crippen molar-refractivity contribution < 1.29 is 19.1 Å². The van der Waals surface area contributed by atoms with E-state index in [1.54, 1.807) is 12.1 Å². The van der Waals surface area contributed by atoms with Gasteiger partial charge >= 0.3 is 5.97 Å². The summed E-state index contributed by atoms with van der Waals surface area (Å²) in [5, 5.41) is 9.20. The predicted molar refractivity (Wildman–Crippen MR) is 76.4 cm³/mol. The molecule has 0 bridgehead atoms. The highest BCUT2D eigenvalue weighted by atomic mass is 19.1. The zero-order valence-corrected chi connectivity index (χ0v) is 12.1. The number of hydrogen-bond donors (Lipinski definition) is 1. The largest absolute Gasteiger partial charge is 0.480 e. The number of nitrogens with zero attached hydrogens (tertiary/aromatic N) is 1. The van der Waals surface area contributed by atoms with Crippen LogP contribution in [0.5, 0.6) is 0 Å². The first-order chi connectivity index (χ1) is 9.99. The first kappa shape index (κ1) is 15.5. The van der Waals surface area contributed by atoms with Gasteiger partial charge < -0.3 is 10.0 Å². The Bertz CT molecular complexity index is 515. The highest BCUT2D eigenvalue weighted by Crippen LogP contribution is 2.24. The number of benzene rings is 1. The zero-order chi connectivity index (χ0) is 15.4. The van der Waals surface area contributed by atoms with Crippen LogP contribution in [-0.4, -0.2) is 34.5 Å². The summed E-state index contributed by atoms with van der Waals surface area (Å²) in [5.41, 5.74) is 0.883. The number of hydrogen-bond acceptors (Lipinski definition) is 2. The molecule has 1 aromatic rings. The van der Waals surface area contributed by atoms with E-state index in [-0.39, 0.29) is 24.1 Å². The van der Waals surface area contributed by atoms with Gasteiger partial charge in [0.05, 0.1) is 0 Å². The molecule has 2 unspecified atom stereocenters. The molecule has 0 aromatic heterocycles. The Morgan fingerprint density at radius 3 is 2.62 bits per heavy atom. The van der Waals surface area contributed by atoms with Crippen LogP contribution in [0, 0.1) is 5.82 Å². The number of aliphatic carboxylic acids is 1. The standard InChI is InChI=1S/C16H20FNO3/c1-11(12-5-7-13(17)8-6-12)10-15(19)18-9-3-2-4-14(18)16(20)21/h5-8,11,14H,2-4,9-10H2,1H3,(H,20,21). The van der Waals surface area contributed by atoms with Gasteiger partial charge in [-0.25, -0.2) is 9.18 Å². The maximum Gasteiger partial charge on any atom is 0.326 e. The Hall–Kier alpha value is -1.91. The van der Waals surface area contributed by atoms with E-state index in [2.05, 4.69) is 0 Å². The minimum Gasteiger partial charge on any atom is -0.480 e. The van der Waals surface area contributed by atoms with Crippen LogP contribution in [0.3, 0.4) is 0 Å². The summed E-state index contributed by atoms with van der Waals surface area (Å²) in [7, 11) is 0. The van der Waals surface area contributed by atoms with E-state index in [0.717, 1.165) is 18.4 Å². The van der Waals surface area contributed by atoms with Crippen molar-refractivity contribution in [2.45, 2.75) is 44.6 Å². The van der Waals surface area contributed by atoms with E-state index in [4.69, 9.17) is 0 Å². The molecule has 2 atom stereocenters. The topological polar surface area (TPSA) is 57.6 Å². The number of carbonyl (C=O) groups excluding carboxylic acids is 1. The van der Waals surface area contributed by atoms with Crippen LogP contribution < -0.4 is 0 Å². The molecule has 21 heavy (non-hydrogen) atoms. The number of rotatable bonds is 4. The van der Waals surface area contributed by atoms with Crippen molar-refractivity contribution in [2.75, 3.05) is 6.54 Å². The molecule has 1 aliphatic rings. The number of carboxylic acid groups (broad SMARTS) is 1. The fraction of sp³-hybridized carbons (Fsp3) is 0.500. The Labute approximate surface area is 123 Å². The summed E-state index contributed by atoms with van der Waals surface area (Å²) >= 11 is 0. The van der Waals surface area contributed by atoms with Crippen LogP contribution in [-0.2, 0) is 9.59 Å². The molecule has 5 heteroatoms. The van der Waals surface area contributed by atoms with Gasteiger partial charge in [-0.05, 0) is 42.9 Å². The van der Waals surface area contributed by atoms with Gasteiger partial charge in [-0.3, -0.25) is 4.79 Å². The number of carbonyl (C=O) groups is 2. The number of carboxylic acids is 1. The Morgan fingerprint density at radius 1 is 1.33 bits per heavy atom. The van der Waals surface area contributed by atoms with Gasteiger partial charge in [0.15, 0.2) is 0 Å². The Kier molecular flexibility index (Phi) is 4.94. The molecule has 1 N–H and O–H groups in total. The predicted octanol–water partition coefficient (Wildman–Crippen LogP) is 2.79. The maximum absolute atomic E-state index is 12.9. The molecule has 0 radical (unpaired) electrons. The van der Waals surface area contributed by atoms with Gasteiger partial charge in [0.2, 0.25) is 5.91 Å². The molecule has 1 fully saturated rings. The summed E-state index contributed by atoms with van der Waals surface area (Å²) < 4.78 is 12.9. The smallest absolute Gasteiger partial charge is 0.326 e. The quantitative estimate of drug-likeness (QED) is 0.928. The molecule has 1 aliphatic heterocycles. The summed E-state index contributed by atoms with van der Waals surface area (Å²) in [4.78, 5) is 25.1. The second-order valence-corrected chi connectivity index (χ2v) is 5.59. The van der Waals surface area contributed by atoms with Gasteiger partial charge in [0, 0.05) is 13.0 Å². The van der Waals surface area contributed by atoms with Gasteiger partial charge in [-0.2, -0.15) is 0 Å². The first-order valence-electron chi connectivity index (χ1n) is 7.26. The third-order valence-electron chi connectivity index (χ3n) is 4.03. The SMILES string of the molecule is CC(CC(=O)N1CCCCC1C(=O)O)c1ccc(F)cc1. The fourth-order valence-corrected chi connectivity index (χ4v) is 2.78. The van der Waals surface area contributed by atoms with Crippen molar-refractivity contribution in [1.29, 1.82) is 0 Å². The number of likely N-dealkylation sites (tertiary alicyclic amines) is 1. The van der Waals surface area contributed by atoms with Gasteiger partial charge in [0.25, 0.3) is 0 Å². The highest BCUT2D eigenvalue weighted by Gasteiger charge is 2.32. The second-order valence-electron chi connectivity index (χ2n) is 5.59. The maximum atomic E-state index is 12.9. The molecule has 2 rings (SSSR count). The average molecular weight is 293 g/mol. The lowest BCUT2D eigenvalue weighted by molar-refractivity contribution is -0.152. The summed E-state index contributed by atoms with van der Waals surface area (Å²) in [6.07, 6.45) is 2.45. The van der Waals surface area contributed by atoms with Gasteiger partial charge in [-0.15, -0.1) is 0 Å². The summed E-state index contributed by atoms with van der Waals surface area (Å²) in [5.74, 6) is -1.44. The van der Waals surface area contributed by atoms with Crippen molar-refractivity contribution in [2.24, 2.45) is 0 Å². The molecular weight excluding hydrogens is 273 g/mol. The molecule has 1 aromatic carbocycles. The van der Waals surface area contributed by atoms with Gasteiger partial charge in [0.1, 0.15) is 11.9 Å². The normalized spacial score (nSPS) is 20.1. The van der Waals surface area contributed by atoms with Crippen molar-refractivity contribution in [1.82, 2.24) is 4.90 Å². The van der Waals surface area contributed by atoms with Crippen molar-refractivity contribution >= 4 is 11.9 Å². The van der Waals surface area contributed by atoms with E-state index < -0.39 is 12.0 Å². The minimum atomic E-state index is -0.933. The van der Waals surface area contributed by atoms with Crippen LogP contribution in [0.25, 0.3) is 0 Å². The number of halogens is 1. The third-order valence-corrected chi connectivity index (χ3v) is 4.03. The average Bonchev–Trinajstić information content (AvgIpc) is 2.47. The van der Waals surface area contributed by atoms with Gasteiger partial charge in [-0.1, -0.05) is 19.1 Å². The second kappa shape index (κ2) is 6.70. The third kappa shape index (κ3) is 3.80. The molecule has 0 aliphatic carbocycles. The van der Waals surface area contributed by atoms with Crippen LogP contribution in [0.2, 0.25) is 0 Å². The van der Waals surface area contributed by atoms with Crippen molar-refractivity contribution in [3.8, 4) is 0 Å². The molecule has 1 amide bonds.